The van der Waals surface area contributed by atoms with E-state index in [2.05, 4.69) is 20.8 Å². The van der Waals surface area contributed by atoms with Crippen LogP contribution < -0.4 is 0 Å². The highest BCUT2D eigenvalue weighted by Crippen LogP contribution is 2.73. The van der Waals surface area contributed by atoms with Crippen LogP contribution in [0.25, 0.3) is 0 Å². The van der Waals surface area contributed by atoms with Gasteiger partial charge in [-0.3, -0.25) is 47.9 Å². The van der Waals surface area contributed by atoms with E-state index in [0.717, 1.165) is 185 Å². The topological polar surface area (TPSA) is 281 Å². The van der Waals surface area contributed by atoms with Crippen LogP contribution in [0, 0.1) is 219 Å². The summed E-state index contributed by atoms with van der Waals surface area (Å²) in [5.41, 5.74) is -3.08. The Balaban J connectivity index is 0.000000101. The van der Waals surface area contributed by atoms with Gasteiger partial charge >= 0.3 is 35.8 Å². The Morgan fingerprint density at radius 3 is 0.630 bits per heavy atom. The van der Waals surface area contributed by atoms with Crippen LogP contribution in [0.2, 0.25) is 0 Å². The third kappa shape index (κ3) is 13.7. The van der Waals surface area contributed by atoms with Crippen LogP contribution in [0.15, 0.2) is 0 Å². The van der Waals surface area contributed by atoms with E-state index in [-0.39, 0.29) is 134 Å². The largest absolute Gasteiger partial charge is 0.464 e. The summed E-state index contributed by atoms with van der Waals surface area (Å²) in [6.45, 7) is 9.70. The molecule has 3 saturated heterocycles. The fraction of sp³-hybridized carbons (Fsp3) is 0.912. The molecule has 0 aromatic heterocycles. The van der Waals surface area contributed by atoms with Crippen molar-refractivity contribution in [2.24, 2.45) is 219 Å². The lowest BCUT2D eigenvalue weighted by Crippen LogP contribution is -2.67. The molecule has 135 heavy (non-hydrogen) atoms. The van der Waals surface area contributed by atoms with E-state index < -0.39 is 62.1 Å². The molecule has 0 N–H and O–H groups in total. The second-order valence-corrected chi connectivity index (χ2v) is 57.1. The SMILES string of the molecule is CC12CC3CC(C1)C1(OC(COC(=O)C45CC6CC(C4)C(=O)C(C6)C5)C(COC(=O)C45CC6CC(C4)C(=O)C(C6)C5)O1)C(C3)C2.CC12CC3CC(C1)C1(OCC(COC(=O)C45CC6CC(C4)C(=O)C(C6)C5)(COC(=O)C45CC6CC(C4)C(=O)C(C6)C5)CO1)C(C3)C2.CC12CC3CC(C1)C1(OCC(COC(=O)C45CC6CC(CC(C6)C4)C5)(COC(=O)C45CC6CC(CC(C6)C4)C5)CO1)C(C3)C2. The minimum absolute atomic E-state index is 0.000801. The molecular formula is C113H152O22. The first-order valence-corrected chi connectivity index (χ1v) is 55.8. The van der Waals surface area contributed by atoms with Gasteiger partial charge in [-0.25, -0.2) is 0 Å². The number of ether oxygens (including phenoxy) is 12. The van der Waals surface area contributed by atoms with Crippen molar-refractivity contribution in [2.75, 3.05) is 66.1 Å². The molecule has 0 amide bonds. The van der Waals surface area contributed by atoms with Crippen LogP contribution in [0.5, 0.6) is 0 Å². The lowest BCUT2D eigenvalue weighted by molar-refractivity contribution is -0.392. The standard InChI is InChI=1S/C38H50O8.C38H54O6.C37H48O8/c1-34-8-23-6-28(15-34)38(29(7-23)16-34)45-19-35(20-46-38,17-43-32(41)36-9-21-2-24(11-36)30(39)25(3-21)12-36)18-44-33(42)37-10-22-4-26(13-37)31(40)27(5-22)14-37;1-34-10-29-8-30(17-34)38(31(9-29)18-34)43-21-35(22-44-38,19-41-32(39)36-11-23-2-24(12-36)4-25(3-23)13-36)20-42-33(40)37-14-26-5-27(15-37)7-28(6-26)16-37;1-34-8-21-6-26(15-34)37(27(7-21)16-34)44-28(17-42-32(40)35-9-19-2-22(11-35)30(38)23(3-19)12-35)29(45-37)18-43-33(41)36-10-20-4-24(13-36)31(39)25(5-20)14-36/h21-29H,2-20H2,1H3;23-31H,2-22H2,1H3;19-29H,2-18H2,1H3. The van der Waals surface area contributed by atoms with Gasteiger partial charge in [-0.15, -0.1) is 0 Å². The van der Waals surface area contributed by atoms with Gasteiger partial charge in [0.15, 0.2) is 17.4 Å². The molecular weight excluding hydrogens is 1710 g/mol. The zero-order valence-electron chi connectivity index (χ0n) is 81.0. The molecule has 39 rings (SSSR count). The Bertz CT molecular complexity index is 4530. The van der Waals surface area contributed by atoms with E-state index in [1.165, 1.54) is 83.5 Å². The summed E-state index contributed by atoms with van der Waals surface area (Å²) in [4.78, 5) is 135. The van der Waals surface area contributed by atoms with Crippen LogP contribution in [0.3, 0.4) is 0 Å². The Kier molecular flexibility index (Phi) is 19.7. The Morgan fingerprint density at radius 2 is 0.415 bits per heavy atom. The van der Waals surface area contributed by atoms with Crippen molar-refractivity contribution in [3.8, 4) is 0 Å². The summed E-state index contributed by atoms with van der Waals surface area (Å²) in [7, 11) is 0. The van der Waals surface area contributed by atoms with Crippen molar-refractivity contribution >= 4 is 58.9 Å². The van der Waals surface area contributed by atoms with Crippen molar-refractivity contribution in [1.82, 2.24) is 0 Å². The summed E-state index contributed by atoms with van der Waals surface area (Å²) in [6, 6.07) is 0. The van der Waals surface area contributed by atoms with Crippen molar-refractivity contribution in [3.05, 3.63) is 0 Å². The summed E-state index contributed by atoms with van der Waals surface area (Å²) in [5.74, 6) is 9.48. The van der Waals surface area contributed by atoms with Crippen molar-refractivity contribution < 1.29 is 105 Å². The van der Waals surface area contributed by atoms with Gasteiger partial charge in [-0.2, -0.15) is 0 Å². The van der Waals surface area contributed by atoms with Crippen LogP contribution in [0.1, 0.15) is 323 Å². The first kappa shape index (κ1) is 88.0. The lowest BCUT2D eigenvalue weighted by Gasteiger charge is -2.65. The first-order valence-electron chi connectivity index (χ1n) is 55.8. The van der Waals surface area contributed by atoms with E-state index in [1.807, 2.05) is 0 Å². The number of carbonyl (C=O) groups excluding carboxylic acids is 10. The molecule has 39 aliphatic rings. The highest BCUT2D eigenvalue weighted by molar-refractivity contribution is 5.93. The van der Waals surface area contributed by atoms with Crippen molar-refractivity contribution in [3.63, 3.8) is 0 Å². The monoisotopic (exact) mass is 1860 g/mol. The summed E-state index contributed by atoms with van der Waals surface area (Å²) in [6.07, 6.45) is 46.3. The molecule has 36 saturated carbocycles. The molecule has 22 heteroatoms. The van der Waals surface area contributed by atoms with Gasteiger partial charge in [0, 0.05) is 82.9 Å². The summed E-state index contributed by atoms with van der Waals surface area (Å²) in [5, 5.41) is 0. The molecule has 3 spiro atoms. The van der Waals surface area contributed by atoms with Gasteiger partial charge in [-0.1, -0.05) is 20.8 Å². The smallest absolute Gasteiger partial charge is 0.312 e. The van der Waals surface area contributed by atoms with Crippen molar-refractivity contribution in [2.45, 2.75) is 352 Å². The Labute approximate surface area is 796 Å². The number of hydrogen-bond donors (Lipinski definition) is 0. The average molecular weight is 1860 g/mol. The van der Waals surface area contributed by atoms with Crippen LogP contribution in [-0.4, -0.2) is 155 Å². The van der Waals surface area contributed by atoms with E-state index in [4.69, 9.17) is 56.8 Å². The molecule has 39 fully saturated rings. The summed E-state index contributed by atoms with van der Waals surface area (Å²) >= 11 is 0. The van der Waals surface area contributed by atoms with Crippen LogP contribution >= 0.6 is 0 Å². The highest BCUT2D eigenvalue weighted by Gasteiger charge is 2.73. The molecule has 0 aromatic carbocycles. The molecule has 22 nitrogen and oxygen atoms in total. The fourth-order valence-corrected chi connectivity index (χ4v) is 43.7. The van der Waals surface area contributed by atoms with Gasteiger partial charge < -0.3 is 56.8 Å². The number of ketones is 4. The molecule has 16 unspecified atom stereocenters. The Morgan fingerprint density at radius 1 is 0.230 bits per heavy atom. The minimum atomic E-state index is -0.786. The Hall–Kier alpha value is -4.74. The molecule has 3 heterocycles. The predicted octanol–water partition coefficient (Wildman–Crippen LogP) is 17.7. The highest BCUT2D eigenvalue weighted by atomic mass is 16.8. The van der Waals surface area contributed by atoms with Crippen LogP contribution in [-0.2, 0) is 105 Å². The maximum atomic E-state index is 14.0. The molecule has 736 valence electrons. The fourth-order valence-electron chi connectivity index (χ4n) is 43.7. The number of Topliss-reactive ketones (excluding diaryl/α,β-unsaturated/α-hetero) is 4. The van der Waals surface area contributed by atoms with Crippen molar-refractivity contribution in [1.29, 1.82) is 0 Å². The third-order valence-corrected chi connectivity index (χ3v) is 46.8. The van der Waals surface area contributed by atoms with Gasteiger partial charge in [0.1, 0.15) is 75.0 Å². The van der Waals surface area contributed by atoms with Gasteiger partial charge in [0.2, 0.25) is 0 Å². The molecule has 0 radical (unpaired) electrons. The molecule has 16 atom stereocenters. The maximum absolute atomic E-state index is 14.0. The molecule has 36 bridgehead atoms. The first-order chi connectivity index (χ1) is 64.7. The van der Waals surface area contributed by atoms with E-state index in [9.17, 15) is 47.9 Å². The summed E-state index contributed by atoms with van der Waals surface area (Å²) < 4.78 is 79.3. The van der Waals surface area contributed by atoms with Gasteiger partial charge in [0.25, 0.3) is 0 Å². The van der Waals surface area contributed by atoms with Gasteiger partial charge in [0.05, 0.1) is 69.7 Å². The molecule has 0 aromatic rings. The normalized spacial score (nSPS) is 56.2. The lowest BCUT2D eigenvalue weighted by atomic mass is 9.47. The van der Waals surface area contributed by atoms with E-state index >= 15 is 0 Å². The van der Waals surface area contributed by atoms with Crippen LogP contribution in [0.4, 0.5) is 0 Å². The zero-order chi connectivity index (χ0) is 91.3. The van der Waals surface area contributed by atoms with E-state index in [1.54, 1.807) is 0 Å². The van der Waals surface area contributed by atoms with Gasteiger partial charge in [-0.05, 0) is 395 Å². The maximum Gasteiger partial charge on any atom is 0.312 e. The second-order valence-electron chi connectivity index (χ2n) is 57.1. The number of esters is 6. The quantitative estimate of drug-likeness (QED) is 0.0910. The number of rotatable bonds is 18. The molecule has 3 aliphatic heterocycles. The second kappa shape index (κ2) is 30.2. The third-order valence-electron chi connectivity index (χ3n) is 46.8. The average Bonchev–Trinajstić information content (AvgIpc) is 1.58. The zero-order valence-corrected chi connectivity index (χ0v) is 81.0. The number of hydrogen-bond acceptors (Lipinski definition) is 22. The van der Waals surface area contributed by atoms with E-state index in [0.29, 0.717) is 212 Å². The molecule has 36 aliphatic carbocycles. The predicted molar refractivity (Wildman–Crippen MR) is 483 cm³/mol. The minimum Gasteiger partial charge on any atom is -0.464 e. The number of carbonyl (C=O) groups is 10.